The molecule has 1 unspecified atom stereocenters. The van der Waals surface area contributed by atoms with Crippen LogP contribution in [-0.2, 0) is 15.6 Å². The van der Waals surface area contributed by atoms with Gasteiger partial charge in [-0.3, -0.25) is 4.79 Å². The second-order valence-corrected chi connectivity index (χ2v) is 15.7. The van der Waals surface area contributed by atoms with Gasteiger partial charge in [0.05, 0.1) is 0 Å². The predicted molar refractivity (Wildman–Crippen MR) is 124 cm³/mol. The van der Waals surface area contributed by atoms with Crippen molar-refractivity contribution in [3.63, 3.8) is 0 Å². The van der Waals surface area contributed by atoms with E-state index in [2.05, 4.69) is 38.8 Å². The average molecular weight is 454 g/mol. The number of hydrogen-bond donors (Lipinski definition) is 0. The lowest BCUT2D eigenvalue weighted by molar-refractivity contribution is -0.142. The molecule has 0 bridgehead atoms. The van der Waals surface area contributed by atoms with Gasteiger partial charge in [0.2, 0.25) is 5.91 Å². The maximum absolute atomic E-state index is 14.2. The molecular formula is C24H37ClFNO2Si. The van der Waals surface area contributed by atoms with Crippen molar-refractivity contribution in [2.45, 2.75) is 96.0 Å². The molecule has 0 aromatic heterocycles. The summed E-state index contributed by atoms with van der Waals surface area (Å²) in [7, 11) is -1.76. The van der Waals surface area contributed by atoms with Crippen molar-refractivity contribution in [3.8, 4) is 0 Å². The van der Waals surface area contributed by atoms with Crippen LogP contribution in [0.5, 0.6) is 0 Å². The van der Waals surface area contributed by atoms with Crippen LogP contribution < -0.4 is 0 Å². The maximum Gasteiger partial charge on any atom is 0.226 e. The Morgan fingerprint density at radius 2 is 1.83 bits per heavy atom. The van der Waals surface area contributed by atoms with E-state index in [0.29, 0.717) is 23.1 Å². The van der Waals surface area contributed by atoms with Gasteiger partial charge < -0.3 is 9.33 Å². The Morgan fingerprint density at radius 3 is 2.43 bits per heavy atom. The molecule has 1 saturated heterocycles. The number of carbonyl (C=O) groups excluding carboxylic acids is 1. The van der Waals surface area contributed by atoms with Crippen molar-refractivity contribution in [3.05, 3.63) is 34.6 Å². The lowest BCUT2D eigenvalue weighted by atomic mass is 9.86. The first kappa shape index (κ1) is 23.7. The zero-order valence-corrected chi connectivity index (χ0v) is 20.9. The van der Waals surface area contributed by atoms with Crippen LogP contribution in [0.3, 0.4) is 0 Å². The third-order valence-corrected chi connectivity index (χ3v) is 12.3. The van der Waals surface area contributed by atoms with E-state index in [-0.39, 0.29) is 28.7 Å². The van der Waals surface area contributed by atoms with Crippen molar-refractivity contribution in [1.29, 1.82) is 0 Å². The minimum Gasteiger partial charge on any atom is -0.414 e. The van der Waals surface area contributed by atoms with Gasteiger partial charge in [0, 0.05) is 35.2 Å². The molecule has 1 atom stereocenters. The first-order chi connectivity index (χ1) is 14.0. The minimum atomic E-state index is -1.76. The Bertz CT molecular complexity index is 736. The SMILES string of the molecule is CC(C)(C)[Si](C)(C)OC1CCC(N2CCCC(Cc3c(F)cccc3Cl)C2=O)CC1. The molecule has 1 heterocycles. The summed E-state index contributed by atoms with van der Waals surface area (Å²) >= 11 is 6.21. The third-order valence-electron chi connectivity index (χ3n) is 7.45. The molecule has 3 nitrogen and oxygen atoms in total. The largest absolute Gasteiger partial charge is 0.414 e. The zero-order valence-electron chi connectivity index (χ0n) is 19.1. The molecule has 0 spiro atoms. The second kappa shape index (κ2) is 9.29. The maximum atomic E-state index is 14.2. The van der Waals surface area contributed by atoms with E-state index >= 15 is 0 Å². The number of nitrogens with zero attached hydrogens (tertiary/aromatic N) is 1. The van der Waals surface area contributed by atoms with Gasteiger partial charge in [-0.2, -0.15) is 0 Å². The van der Waals surface area contributed by atoms with Gasteiger partial charge in [0.25, 0.3) is 0 Å². The Hall–Kier alpha value is -0.913. The van der Waals surface area contributed by atoms with E-state index in [1.807, 2.05) is 0 Å². The number of rotatable bonds is 5. The van der Waals surface area contributed by atoms with Gasteiger partial charge in [-0.15, -0.1) is 0 Å². The number of halogens is 2. The fourth-order valence-electron chi connectivity index (χ4n) is 4.57. The van der Waals surface area contributed by atoms with Gasteiger partial charge in [-0.25, -0.2) is 4.39 Å². The summed E-state index contributed by atoms with van der Waals surface area (Å²) in [6.45, 7) is 12.3. The lowest BCUT2D eigenvalue weighted by Gasteiger charge is -2.44. The number of piperidine rings is 1. The van der Waals surface area contributed by atoms with E-state index in [1.165, 1.54) is 6.07 Å². The fourth-order valence-corrected chi connectivity index (χ4v) is 6.23. The van der Waals surface area contributed by atoms with Crippen LogP contribution in [0, 0.1) is 11.7 Å². The lowest BCUT2D eigenvalue weighted by Crippen LogP contribution is -2.50. The molecule has 0 radical (unpaired) electrons. The molecule has 1 saturated carbocycles. The van der Waals surface area contributed by atoms with E-state index in [9.17, 15) is 9.18 Å². The Balaban J connectivity index is 1.59. The van der Waals surface area contributed by atoms with Crippen LogP contribution in [0.1, 0.15) is 64.9 Å². The highest BCUT2D eigenvalue weighted by atomic mass is 35.5. The molecule has 1 aliphatic heterocycles. The molecule has 1 aromatic carbocycles. The highest BCUT2D eigenvalue weighted by molar-refractivity contribution is 6.74. The quantitative estimate of drug-likeness (QED) is 0.470. The number of amides is 1. The monoisotopic (exact) mass is 453 g/mol. The Kier molecular flexibility index (Phi) is 7.36. The van der Waals surface area contributed by atoms with Gasteiger partial charge in [0.1, 0.15) is 5.82 Å². The highest BCUT2D eigenvalue weighted by Crippen LogP contribution is 2.40. The topological polar surface area (TPSA) is 29.5 Å². The third kappa shape index (κ3) is 5.28. The summed E-state index contributed by atoms with van der Waals surface area (Å²) in [5.74, 6) is -0.306. The molecule has 1 amide bonds. The van der Waals surface area contributed by atoms with Crippen molar-refractivity contribution < 1.29 is 13.6 Å². The minimum absolute atomic E-state index is 0.172. The summed E-state index contributed by atoms with van der Waals surface area (Å²) < 4.78 is 20.8. The van der Waals surface area contributed by atoms with E-state index in [0.717, 1.165) is 45.1 Å². The van der Waals surface area contributed by atoms with Crippen molar-refractivity contribution in [2.24, 2.45) is 5.92 Å². The van der Waals surface area contributed by atoms with E-state index in [1.54, 1.807) is 12.1 Å². The number of hydrogen-bond acceptors (Lipinski definition) is 2. The predicted octanol–water partition coefficient (Wildman–Crippen LogP) is 6.59. The molecule has 3 rings (SSSR count). The normalized spacial score (nSPS) is 26.2. The Labute approximate surface area is 187 Å². The van der Waals surface area contributed by atoms with Crippen LogP contribution in [0.15, 0.2) is 18.2 Å². The summed E-state index contributed by atoms with van der Waals surface area (Å²) in [5, 5.41) is 0.636. The first-order valence-corrected chi connectivity index (χ1v) is 14.7. The van der Waals surface area contributed by atoms with Gasteiger partial charge in [0.15, 0.2) is 8.32 Å². The summed E-state index contributed by atoms with van der Waals surface area (Å²) in [5.41, 5.74) is 0.478. The smallest absolute Gasteiger partial charge is 0.226 e. The van der Waals surface area contributed by atoms with Crippen molar-refractivity contribution in [2.75, 3.05) is 6.54 Å². The van der Waals surface area contributed by atoms with Gasteiger partial charge in [-0.05, 0) is 75.2 Å². The van der Waals surface area contributed by atoms with Gasteiger partial charge >= 0.3 is 0 Å². The average Bonchev–Trinajstić information content (AvgIpc) is 2.66. The van der Waals surface area contributed by atoms with Crippen LogP contribution in [-0.4, -0.2) is 37.8 Å². The standard InChI is InChI=1S/C24H37ClFNO2Si/c1-24(2,3)30(4,5)29-19-13-11-18(12-14-19)27-15-7-8-17(23(27)28)16-20-21(25)9-6-10-22(20)26/h6,9-10,17-19H,7-8,11-16H2,1-5H3. The van der Waals surface area contributed by atoms with Crippen molar-refractivity contribution in [1.82, 2.24) is 4.90 Å². The summed E-state index contributed by atoms with van der Waals surface area (Å²) in [6.07, 6.45) is 6.53. The molecule has 1 aliphatic carbocycles. The molecule has 2 aliphatic rings. The summed E-state index contributed by atoms with van der Waals surface area (Å²) in [4.78, 5) is 15.3. The fraction of sp³-hybridized carbons (Fsp3) is 0.708. The zero-order chi connectivity index (χ0) is 22.1. The summed E-state index contributed by atoms with van der Waals surface area (Å²) in [6, 6.07) is 5.03. The molecule has 2 fully saturated rings. The molecule has 6 heteroatoms. The number of benzene rings is 1. The van der Waals surface area contributed by atoms with Crippen LogP contribution in [0.25, 0.3) is 0 Å². The Morgan fingerprint density at radius 1 is 1.17 bits per heavy atom. The van der Waals surface area contributed by atoms with Crippen LogP contribution in [0.4, 0.5) is 4.39 Å². The van der Waals surface area contributed by atoms with E-state index in [4.69, 9.17) is 16.0 Å². The second-order valence-electron chi connectivity index (χ2n) is 10.6. The first-order valence-electron chi connectivity index (χ1n) is 11.4. The highest BCUT2D eigenvalue weighted by Gasteiger charge is 2.41. The molecule has 168 valence electrons. The van der Waals surface area contributed by atoms with Gasteiger partial charge in [-0.1, -0.05) is 38.4 Å². The molecule has 0 N–H and O–H groups in total. The van der Waals surface area contributed by atoms with Crippen molar-refractivity contribution >= 4 is 25.8 Å². The number of likely N-dealkylation sites (tertiary alicyclic amines) is 1. The van der Waals surface area contributed by atoms with Crippen LogP contribution >= 0.6 is 11.6 Å². The van der Waals surface area contributed by atoms with E-state index < -0.39 is 8.32 Å². The van der Waals surface area contributed by atoms with Crippen LogP contribution in [0.2, 0.25) is 23.2 Å². The molecular weight excluding hydrogens is 417 g/mol. The molecule has 30 heavy (non-hydrogen) atoms. The number of carbonyl (C=O) groups is 1. The molecule has 1 aromatic rings.